The van der Waals surface area contributed by atoms with Crippen LogP contribution in [0.1, 0.15) is 52.9 Å². The van der Waals surface area contributed by atoms with Crippen LogP contribution in [0.15, 0.2) is 0 Å². The van der Waals surface area contributed by atoms with Gasteiger partial charge in [-0.25, -0.2) is 0 Å². The Morgan fingerprint density at radius 3 is 2.73 bits per heavy atom. The first-order valence-corrected chi connectivity index (χ1v) is 9.14. The number of fused-ring (bicyclic) bond motifs is 2. The Kier molecular flexibility index (Phi) is 4.84. The Morgan fingerprint density at radius 2 is 2.14 bits per heavy atom. The van der Waals surface area contributed by atoms with Crippen LogP contribution in [0.2, 0.25) is 0 Å². The average molecular weight is 312 g/mol. The van der Waals surface area contributed by atoms with Crippen molar-refractivity contribution in [3.05, 3.63) is 0 Å². The number of rotatable bonds is 7. The molecule has 2 saturated carbocycles. The number of hydrogen-bond donors (Lipinski definition) is 2. The summed E-state index contributed by atoms with van der Waals surface area (Å²) < 4.78 is 11.2. The van der Waals surface area contributed by atoms with E-state index in [1.165, 1.54) is 19.3 Å². The predicted molar refractivity (Wildman–Crippen MR) is 85.6 cm³/mol. The standard InChI is InChI=1S/C18H33NO3/c1-17(2)13-6-7-18(17,3)16(9-13)19-10-14(20)11-21-12-15-5-4-8-22-15/h13-16,19-20H,4-12H2,1-3H3/p+1/t13-,14-,15-,16+,18-/m0/s1. The van der Waals surface area contributed by atoms with Crippen molar-refractivity contribution >= 4 is 0 Å². The van der Waals surface area contributed by atoms with Gasteiger partial charge in [0.1, 0.15) is 12.6 Å². The number of aliphatic hydroxyl groups is 1. The molecular formula is C18H34NO3+. The molecule has 2 bridgehead atoms. The zero-order valence-electron chi connectivity index (χ0n) is 14.5. The van der Waals surface area contributed by atoms with Crippen LogP contribution in [0, 0.1) is 16.7 Å². The fourth-order valence-electron chi connectivity index (χ4n) is 5.12. The molecular weight excluding hydrogens is 278 g/mol. The molecule has 128 valence electrons. The van der Waals surface area contributed by atoms with Crippen molar-refractivity contribution in [3.63, 3.8) is 0 Å². The summed E-state index contributed by atoms with van der Waals surface area (Å²) in [6.07, 6.45) is 6.17. The maximum absolute atomic E-state index is 10.2. The Labute approximate surface area is 134 Å². The summed E-state index contributed by atoms with van der Waals surface area (Å²) in [5.41, 5.74) is 0.880. The van der Waals surface area contributed by atoms with Crippen molar-refractivity contribution in [2.24, 2.45) is 16.7 Å². The molecule has 2 aliphatic carbocycles. The lowest BCUT2D eigenvalue weighted by molar-refractivity contribution is -0.707. The predicted octanol–water partition coefficient (Wildman–Crippen LogP) is 1.32. The van der Waals surface area contributed by atoms with Gasteiger partial charge in [-0.15, -0.1) is 0 Å². The highest BCUT2D eigenvalue weighted by atomic mass is 16.5. The van der Waals surface area contributed by atoms with Crippen LogP contribution in [-0.4, -0.2) is 49.7 Å². The van der Waals surface area contributed by atoms with E-state index in [0.29, 0.717) is 30.1 Å². The average Bonchev–Trinajstić information content (AvgIpc) is 3.10. The molecule has 0 aromatic rings. The number of quaternary nitrogens is 1. The van der Waals surface area contributed by atoms with Gasteiger partial charge in [-0.1, -0.05) is 20.8 Å². The van der Waals surface area contributed by atoms with Gasteiger partial charge < -0.3 is 19.9 Å². The van der Waals surface area contributed by atoms with E-state index in [0.717, 1.165) is 31.9 Å². The highest BCUT2D eigenvalue weighted by Crippen LogP contribution is 2.64. The number of hydrogen-bond acceptors (Lipinski definition) is 3. The summed E-state index contributed by atoms with van der Waals surface area (Å²) in [7, 11) is 0. The van der Waals surface area contributed by atoms with Crippen molar-refractivity contribution in [2.75, 3.05) is 26.4 Å². The number of nitrogens with two attached hydrogens (primary N) is 1. The quantitative estimate of drug-likeness (QED) is 0.745. The van der Waals surface area contributed by atoms with E-state index in [2.05, 4.69) is 26.1 Å². The van der Waals surface area contributed by atoms with E-state index in [1.807, 2.05) is 0 Å². The molecule has 3 fully saturated rings. The zero-order chi connectivity index (χ0) is 15.8. The van der Waals surface area contributed by atoms with Gasteiger partial charge in [0.2, 0.25) is 0 Å². The molecule has 1 aliphatic heterocycles. The second kappa shape index (κ2) is 6.39. The smallest absolute Gasteiger partial charge is 0.126 e. The minimum absolute atomic E-state index is 0.251. The van der Waals surface area contributed by atoms with Gasteiger partial charge in [-0.2, -0.15) is 0 Å². The molecule has 0 unspecified atom stereocenters. The first kappa shape index (κ1) is 16.7. The Hall–Kier alpha value is -0.160. The van der Waals surface area contributed by atoms with Crippen LogP contribution in [0.25, 0.3) is 0 Å². The maximum atomic E-state index is 10.2. The minimum Gasteiger partial charge on any atom is -0.385 e. The third kappa shape index (κ3) is 2.95. The summed E-state index contributed by atoms with van der Waals surface area (Å²) in [4.78, 5) is 0. The molecule has 4 heteroatoms. The van der Waals surface area contributed by atoms with Crippen molar-refractivity contribution in [2.45, 2.75) is 71.1 Å². The van der Waals surface area contributed by atoms with Gasteiger partial charge in [0.05, 0.1) is 25.4 Å². The molecule has 0 aromatic heterocycles. The second-order valence-corrected chi connectivity index (χ2v) is 8.51. The first-order chi connectivity index (χ1) is 10.4. The van der Waals surface area contributed by atoms with E-state index in [1.54, 1.807) is 0 Å². The van der Waals surface area contributed by atoms with Crippen molar-refractivity contribution < 1.29 is 19.9 Å². The molecule has 3 rings (SSSR count). The fourth-order valence-corrected chi connectivity index (χ4v) is 5.12. The molecule has 0 radical (unpaired) electrons. The van der Waals surface area contributed by atoms with Crippen LogP contribution in [0.5, 0.6) is 0 Å². The Balaban J connectivity index is 1.37. The summed E-state index contributed by atoms with van der Waals surface area (Å²) in [5, 5.41) is 12.6. The van der Waals surface area contributed by atoms with Gasteiger partial charge in [-0.3, -0.25) is 0 Å². The van der Waals surface area contributed by atoms with E-state index >= 15 is 0 Å². The van der Waals surface area contributed by atoms with Gasteiger partial charge in [0, 0.05) is 18.4 Å². The molecule has 1 saturated heterocycles. The fraction of sp³-hybridized carbons (Fsp3) is 1.00. The third-order valence-electron chi connectivity index (χ3n) is 7.19. The van der Waals surface area contributed by atoms with E-state index in [-0.39, 0.29) is 12.2 Å². The molecule has 5 atom stereocenters. The van der Waals surface area contributed by atoms with Crippen LogP contribution in [0.3, 0.4) is 0 Å². The molecule has 1 heterocycles. The maximum Gasteiger partial charge on any atom is 0.126 e. The minimum atomic E-state index is -0.368. The number of aliphatic hydroxyl groups excluding tert-OH is 1. The van der Waals surface area contributed by atoms with Gasteiger partial charge in [-0.05, 0) is 37.0 Å². The largest absolute Gasteiger partial charge is 0.385 e. The molecule has 3 N–H and O–H groups in total. The third-order valence-corrected chi connectivity index (χ3v) is 7.19. The highest BCUT2D eigenvalue weighted by molar-refractivity contribution is 5.10. The topological polar surface area (TPSA) is 55.3 Å². The Bertz CT molecular complexity index is 381. The Morgan fingerprint density at radius 1 is 1.32 bits per heavy atom. The van der Waals surface area contributed by atoms with Crippen molar-refractivity contribution in [1.29, 1.82) is 0 Å². The highest BCUT2D eigenvalue weighted by Gasteiger charge is 2.63. The van der Waals surface area contributed by atoms with Crippen LogP contribution in [0.4, 0.5) is 0 Å². The van der Waals surface area contributed by atoms with Crippen molar-refractivity contribution in [3.8, 4) is 0 Å². The SMILES string of the molecule is CC1(C)[C@H]2CC[C@@]1(C)[C@H]([NH2+]C[C@H](O)COC[C@@H]1CCCO1)C2. The number of ether oxygens (including phenoxy) is 2. The lowest BCUT2D eigenvalue weighted by Gasteiger charge is -2.37. The molecule has 22 heavy (non-hydrogen) atoms. The summed E-state index contributed by atoms with van der Waals surface area (Å²) in [6, 6.07) is 0.661. The van der Waals surface area contributed by atoms with Gasteiger partial charge >= 0.3 is 0 Å². The normalized spacial score (nSPS) is 41.2. The van der Waals surface area contributed by atoms with E-state index in [9.17, 15) is 5.11 Å². The monoisotopic (exact) mass is 312 g/mol. The van der Waals surface area contributed by atoms with Crippen LogP contribution in [-0.2, 0) is 9.47 Å². The van der Waals surface area contributed by atoms with Gasteiger partial charge in [0.25, 0.3) is 0 Å². The van der Waals surface area contributed by atoms with Gasteiger partial charge in [0.15, 0.2) is 0 Å². The van der Waals surface area contributed by atoms with E-state index < -0.39 is 0 Å². The van der Waals surface area contributed by atoms with Crippen LogP contribution >= 0.6 is 0 Å². The summed E-state index contributed by atoms with van der Waals surface area (Å²) in [6.45, 7) is 10.0. The zero-order valence-corrected chi connectivity index (χ0v) is 14.5. The van der Waals surface area contributed by atoms with Crippen LogP contribution < -0.4 is 5.32 Å². The molecule has 0 aromatic carbocycles. The summed E-state index contributed by atoms with van der Waals surface area (Å²) >= 11 is 0. The second-order valence-electron chi connectivity index (χ2n) is 8.51. The van der Waals surface area contributed by atoms with Crippen molar-refractivity contribution in [1.82, 2.24) is 0 Å². The van der Waals surface area contributed by atoms with E-state index in [4.69, 9.17) is 9.47 Å². The molecule has 3 aliphatic rings. The first-order valence-electron chi connectivity index (χ1n) is 9.14. The lowest BCUT2D eigenvalue weighted by atomic mass is 9.69. The molecule has 4 nitrogen and oxygen atoms in total. The molecule has 0 amide bonds. The lowest BCUT2D eigenvalue weighted by Crippen LogP contribution is -2.94. The summed E-state index contributed by atoms with van der Waals surface area (Å²) in [5.74, 6) is 0.867. The molecule has 0 spiro atoms.